The van der Waals surface area contributed by atoms with Gasteiger partial charge >= 0.3 is 0 Å². The summed E-state index contributed by atoms with van der Waals surface area (Å²) in [7, 11) is 0. The van der Waals surface area contributed by atoms with E-state index < -0.39 is 11.6 Å². The molecule has 26 heavy (non-hydrogen) atoms. The molecule has 1 atom stereocenters. The highest BCUT2D eigenvalue weighted by Crippen LogP contribution is 2.16. The first-order valence-corrected chi connectivity index (χ1v) is 8.82. The molecule has 2 N–H and O–H groups in total. The Bertz CT molecular complexity index is 578. The predicted octanol–water partition coefficient (Wildman–Crippen LogP) is 3.03. The number of nitrogens with zero attached hydrogens (tertiary/aromatic N) is 1. The first-order chi connectivity index (χ1) is 11.6. The van der Waals surface area contributed by atoms with Gasteiger partial charge in [0.1, 0.15) is 0 Å². The van der Waals surface area contributed by atoms with Gasteiger partial charge in [-0.15, -0.1) is 24.8 Å². The smallest absolute Gasteiger partial charge is 0.237 e. The van der Waals surface area contributed by atoms with E-state index >= 15 is 0 Å². The third kappa shape index (κ3) is 6.34. The van der Waals surface area contributed by atoms with Gasteiger partial charge < -0.3 is 10.6 Å². The minimum absolute atomic E-state index is 0. The molecule has 1 aromatic rings. The second kappa shape index (κ2) is 11.0. The Morgan fingerprint density at radius 2 is 1.85 bits per heavy atom. The second-order valence-electron chi connectivity index (χ2n) is 6.81. The zero-order valence-corrected chi connectivity index (χ0v) is 16.3. The van der Waals surface area contributed by atoms with E-state index in [-0.39, 0.29) is 42.8 Å². The largest absolute Gasteiger partial charge is 0.352 e. The van der Waals surface area contributed by atoms with Crippen LogP contribution >= 0.6 is 24.8 Å². The van der Waals surface area contributed by atoms with Gasteiger partial charge in [0, 0.05) is 25.7 Å². The molecule has 2 fully saturated rings. The van der Waals surface area contributed by atoms with Gasteiger partial charge in [-0.05, 0) is 49.9 Å². The molecule has 0 aromatic heterocycles. The van der Waals surface area contributed by atoms with Crippen molar-refractivity contribution in [3.8, 4) is 0 Å². The number of hydrogen-bond acceptors (Lipinski definition) is 3. The highest BCUT2D eigenvalue weighted by Gasteiger charge is 2.25. The first kappa shape index (κ1) is 23.1. The number of halogens is 4. The number of rotatable bonds is 4. The quantitative estimate of drug-likeness (QED) is 0.802. The van der Waals surface area contributed by atoms with Gasteiger partial charge in [0.25, 0.3) is 0 Å². The summed E-state index contributed by atoms with van der Waals surface area (Å²) in [6, 6.07) is 4.23. The average Bonchev–Trinajstić information content (AvgIpc) is 2.61. The van der Waals surface area contributed by atoms with Gasteiger partial charge in [-0.1, -0.05) is 12.5 Å². The second-order valence-corrected chi connectivity index (χ2v) is 6.81. The highest BCUT2D eigenvalue weighted by molar-refractivity contribution is 5.85. The molecule has 3 rings (SSSR count). The standard InChI is InChI=1S/C18H25F2N3O.2ClH/c19-15-5-4-13(11-16(15)20)12-23-9-6-14(7-10-23)22-18(24)17-3-1-2-8-21-17;;/h4-5,11,14,17,21H,1-3,6-10,12H2,(H,22,24);2*1H. The van der Waals surface area contributed by atoms with Crippen LogP contribution in [0.1, 0.15) is 37.7 Å². The summed E-state index contributed by atoms with van der Waals surface area (Å²) >= 11 is 0. The van der Waals surface area contributed by atoms with E-state index in [4.69, 9.17) is 0 Å². The fourth-order valence-electron chi connectivity index (χ4n) is 3.51. The molecule has 0 saturated carbocycles. The van der Waals surface area contributed by atoms with E-state index in [2.05, 4.69) is 15.5 Å². The maximum atomic E-state index is 13.3. The Morgan fingerprint density at radius 1 is 1.12 bits per heavy atom. The monoisotopic (exact) mass is 409 g/mol. The summed E-state index contributed by atoms with van der Waals surface area (Å²) in [6.07, 6.45) is 4.95. The molecular weight excluding hydrogens is 383 g/mol. The molecule has 0 radical (unpaired) electrons. The van der Waals surface area contributed by atoms with Gasteiger partial charge in [0.05, 0.1) is 6.04 Å². The lowest BCUT2D eigenvalue weighted by Gasteiger charge is -2.33. The summed E-state index contributed by atoms with van der Waals surface area (Å²) in [6.45, 7) is 3.23. The van der Waals surface area contributed by atoms with E-state index in [0.717, 1.165) is 57.3 Å². The molecule has 2 aliphatic heterocycles. The molecule has 2 aliphatic rings. The van der Waals surface area contributed by atoms with E-state index in [9.17, 15) is 13.6 Å². The Labute approximate surface area is 165 Å². The molecule has 148 valence electrons. The van der Waals surface area contributed by atoms with Crippen LogP contribution in [0, 0.1) is 11.6 Å². The normalized spacial score (nSPS) is 21.4. The van der Waals surface area contributed by atoms with Crippen molar-refractivity contribution < 1.29 is 13.6 Å². The van der Waals surface area contributed by atoms with Crippen molar-refractivity contribution in [2.75, 3.05) is 19.6 Å². The lowest BCUT2D eigenvalue weighted by atomic mass is 10.0. The van der Waals surface area contributed by atoms with Crippen molar-refractivity contribution in [3.05, 3.63) is 35.4 Å². The molecule has 1 unspecified atom stereocenters. The van der Waals surface area contributed by atoms with Crippen LogP contribution in [-0.2, 0) is 11.3 Å². The third-order valence-electron chi connectivity index (χ3n) is 4.95. The Kier molecular flexibility index (Phi) is 9.79. The Morgan fingerprint density at radius 3 is 2.46 bits per heavy atom. The van der Waals surface area contributed by atoms with Crippen LogP contribution in [0.5, 0.6) is 0 Å². The number of amides is 1. The first-order valence-electron chi connectivity index (χ1n) is 8.82. The zero-order valence-electron chi connectivity index (χ0n) is 14.7. The fraction of sp³-hybridized carbons (Fsp3) is 0.611. The van der Waals surface area contributed by atoms with E-state index in [0.29, 0.717) is 6.54 Å². The maximum Gasteiger partial charge on any atom is 0.237 e. The van der Waals surface area contributed by atoms with E-state index in [1.165, 1.54) is 12.1 Å². The Hall–Kier alpha value is -0.950. The van der Waals surface area contributed by atoms with E-state index in [1.54, 1.807) is 6.07 Å². The molecule has 0 bridgehead atoms. The van der Waals surface area contributed by atoms with Gasteiger partial charge in [0.15, 0.2) is 11.6 Å². The van der Waals surface area contributed by atoms with Crippen LogP contribution in [0.3, 0.4) is 0 Å². The van der Waals surface area contributed by atoms with Gasteiger partial charge in [0.2, 0.25) is 5.91 Å². The lowest BCUT2D eigenvalue weighted by molar-refractivity contribution is -0.124. The van der Waals surface area contributed by atoms with Crippen molar-refractivity contribution in [1.82, 2.24) is 15.5 Å². The van der Waals surface area contributed by atoms with E-state index in [1.807, 2.05) is 0 Å². The van der Waals surface area contributed by atoms with Crippen molar-refractivity contribution in [2.45, 2.75) is 50.7 Å². The molecule has 2 heterocycles. The molecular formula is C18H27Cl2F2N3O. The number of hydrogen-bond donors (Lipinski definition) is 2. The molecule has 2 saturated heterocycles. The lowest BCUT2D eigenvalue weighted by Crippen LogP contribution is -2.52. The SMILES string of the molecule is Cl.Cl.O=C(NC1CCN(Cc2ccc(F)c(F)c2)CC1)C1CCCCN1. The number of carbonyl (C=O) groups is 1. The molecule has 4 nitrogen and oxygen atoms in total. The third-order valence-corrected chi connectivity index (χ3v) is 4.95. The van der Waals surface area contributed by atoms with Crippen molar-refractivity contribution in [3.63, 3.8) is 0 Å². The minimum Gasteiger partial charge on any atom is -0.352 e. The number of benzene rings is 1. The summed E-state index contributed by atoms with van der Waals surface area (Å²) in [5.74, 6) is -1.49. The van der Waals surface area contributed by atoms with Crippen molar-refractivity contribution in [1.29, 1.82) is 0 Å². The van der Waals surface area contributed by atoms with Crippen molar-refractivity contribution >= 4 is 30.7 Å². The van der Waals surface area contributed by atoms with Crippen LogP contribution in [-0.4, -0.2) is 42.5 Å². The van der Waals surface area contributed by atoms with Crippen LogP contribution in [0.2, 0.25) is 0 Å². The molecule has 8 heteroatoms. The van der Waals surface area contributed by atoms with Gasteiger partial charge in [-0.25, -0.2) is 8.78 Å². The number of likely N-dealkylation sites (tertiary alicyclic amines) is 1. The zero-order chi connectivity index (χ0) is 16.9. The highest BCUT2D eigenvalue weighted by atomic mass is 35.5. The van der Waals surface area contributed by atoms with Gasteiger partial charge in [-0.2, -0.15) is 0 Å². The number of piperidine rings is 2. The van der Waals surface area contributed by atoms with Gasteiger partial charge in [-0.3, -0.25) is 9.69 Å². The number of carbonyl (C=O) groups excluding carboxylic acids is 1. The molecule has 1 amide bonds. The minimum atomic E-state index is -0.809. The fourth-order valence-corrected chi connectivity index (χ4v) is 3.51. The Balaban J connectivity index is 0.00000169. The molecule has 0 spiro atoms. The average molecular weight is 410 g/mol. The number of nitrogens with one attached hydrogen (secondary N) is 2. The molecule has 0 aliphatic carbocycles. The summed E-state index contributed by atoms with van der Waals surface area (Å²) < 4.78 is 26.2. The summed E-state index contributed by atoms with van der Waals surface area (Å²) in [4.78, 5) is 14.5. The van der Waals surface area contributed by atoms with Crippen LogP contribution in [0.15, 0.2) is 18.2 Å². The van der Waals surface area contributed by atoms with Crippen LogP contribution in [0.4, 0.5) is 8.78 Å². The van der Waals surface area contributed by atoms with Crippen molar-refractivity contribution in [2.24, 2.45) is 0 Å². The van der Waals surface area contributed by atoms with Crippen LogP contribution in [0.25, 0.3) is 0 Å². The molecule has 1 aromatic carbocycles. The maximum absolute atomic E-state index is 13.3. The summed E-state index contributed by atoms with van der Waals surface area (Å²) in [5.41, 5.74) is 0.780. The predicted molar refractivity (Wildman–Crippen MR) is 103 cm³/mol. The topological polar surface area (TPSA) is 44.4 Å². The van der Waals surface area contributed by atoms with Crippen LogP contribution < -0.4 is 10.6 Å². The summed E-state index contributed by atoms with van der Waals surface area (Å²) in [5, 5.41) is 6.42.